The SMILES string of the molecule is CCOC(=O)C(=CC=CC=C1Sc2ccccc2N1CC)[N+](=O)[O-]. The number of ether oxygens (including phenoxy) is 1. The summed E-state index contributed by atoms with van der Waals surface area (Å²) in [5.74, 6) is -0.933. The molecule has 0 bridgehead atoms. The first-order valence-corrected chi connectivity index (χ1v) is 8.34. The van der Waals surface area contributed by atoms with Crippen LogP contribution in [0.2, 0.25) is 0 Å². The van der Waals surface area contributed by atoms with Crippen molar-refractivity contribution in [2.45, 2.75) is 18.7 Å². The van der Waals surface area contributed by atoms with Gasteiger partial charge in [-0.05, 0) is 32.1 Å². The van der Waals surface area contributed by atoms with E-state index in [9.17, 15) is 14.9 Å². The highest BCUT2D eigenvalue weighted by atomic mass is 32.2. The van der Waals surface area contributed by atoms with Gasteiger partial charge in [0.1, 0.15) is 0 Å². The standard InChI is InChI=1S/C17H18N2O4S/c1-3-18-13-9-5-7-11-15(13)24-16(18)12-8-6-10-14(19(21)22)17(20)23-4-2/h5-12H,3-4H2,1-2H3. The van der Waals surface area contributed by atoms with Gasteiger partial charge < -0.3 is 9.64 Å². The maximum Gasteiger partial charge on any atom is 0.409 e. The third-order valence-corrected chi connectivity index (χ3v) is 4.37. The first-order chi connectivity index (χ1) is 11.6. The Morgan fingerprint density at radius 1 is 1.33 bits per heavy atom. The monoisotopic (exact) mass is 346 g/mol. The Labute approximate surface area is 144 Å². The minimum Gasteiger partial charge on any atom is -0.458 e. The van der Waals surface area contributed by atoms with Gasteiger partial charge in [0.25, 0.3) is 0 Å². The third kappa shape index (κ3) is 4.05. The van der Waals surface area contributed by atoms with E-state index in [-0.39, 0.29) is 6.61 Å². The van der Waals surface area contributed by atoms with Crippen LogP contribution in [-0.4, -0.2) is 24.0 Å². The zero-order valence-corrected chi connectivity index (χ0v) is 14.3. The largest absolute Gasteiger partial charge is 0.458 e. The summed E-state index contributed by atoms with van der Waals surface area (Å²) in [4.78, 5) is 25.0. The lowest BCUT2D eigenvalue weighted by Gasteiger charge is -2.17. The number of allylic oxidation sites excluding steroid dienone is 4. The molecule has 1 heterocycles. The van der Waals surface area contributed by atoms with Gasteiger partial charge in [0.2, 0.25) is 0 Å². The lowest BCUT2D eigenvalue weighted by atomic mass is 10.3. The zero-order valence-electron chi connectivity index (χ0n) is 13.5. The molecule has 2 rings (SSSR count). The minimum atomic E-state index is -0.933. The van der Waals surface area contributed by atoms with Crippen LogP contribution in [0.4, 0.5) is 5.69 Å². The molecule has 0 saturated heterocycles. The fourth-order valence-electron chi connectivity index (χ4n) is 2.20. The van der Waals surface area contributed by atoms with Gasteiger partial charge in [0.05, 0.1) is 22.2 Å². The summed E-state index contributed by atoms with van der Waals surface area (Å²) < 4.78 is 4.66. The van der Waals surface area contributed by atoms with Crippen LogP contribution in [0.5, 0.6) is 0 Å². The Hall–Kier alpha value is -2.54. The van der Waals surface area contributed by atoms with Crippen LogP contribution in [0.15, 0.2) is 64.2 Å². The molecule has 0 fully saturated rings. The molecular weight excluding hydrogens is 328 g/mol. The Morgan fingerprint density at radius 2 is 2.08 bits per heavy atom. The number of fused-ring (bicyclic) bond motifs is 1. The van der Waals surface area contributed by atoms with Crippen molar-refractivity contribution in [1.82, 2.24) is 0 Å². The van der Waals surface area contributed by atoms with E-state index in [2.05, 4.69) is 28.7 Å². The number of hydrogen-bond acceptors (Lipinski definition) is 6. The van der Waals surface area contributed by atoms with E-state index in [4.69, 9.17) is 0 Å². The van der Waals surface area contributed by atoms with Crippen molar-refractivity contribution < 1.29 is 14.5 Å². The van der Waals surface area contributed by atoms with Crippen molar-refractivity contribution in [1.29, 1.82) is 0 Å². The molecule has 0 unspecified atom stereocenters. The number of thioether (sulfide) groups is 1. The van der Waals surface area contributed by atoms with Crippen LogP contribution in [0.25, 0.3) is 0 Å². The van der Waals surface area contributed by atoms with Crippen LogP contribution in [0, 0.1) is 10.1 Å². The molecule has 126 valence electrons. The molecule has 1 aromatic rings. The highest BCUT2D eigenvalue weighted by Crippen LogP contribution is 2.45. The second-order valence-corrected chi connectivity index (χ2v) is 5.80. The molecule has 1 aliphatic heterocycles. The van der Waals surface area contributed by atoms with E-state index in [1.54, 1.807) is 24.8 Å². The number of carbonyl (C=O) groups is 1. The quantitative estimate of drug-likeness (QED) is 0.257. The number of anilines is 1. The topological polar surface area (TPSA) is 72.7 Å². The molecule has 0 amide bonds. The second-order valence-electron chi connectivity index (χ2n) is 4.73. The summed E-state index contributed by atoms with van der Waals surface area (Å²) in [5, 5.41) is 11.9. The Balaban J connectivity index is 2.15. The first-order valence-electron chi connectivity index (χ1n) is 7.53. The molecule has 0 saturated carbocycles. The molecule has 1 aromatic carbocycles. The van der Waals surface area contributed by atoms with E-state index in [0.717, 1.165) is 23.3 Å². The maximum atomic E-state index is 11.5. The number of rotatable bonds is 6. The smallest absolute Gasteiger partial charge is 0.409 e. The van der Waals surface area contributed by atoms with Gasteiger partial charge in [-0.3, -0.25) is 10.1 Å². The van der Waals surface area contributed by atoms with Crippen LogP contribution in [-0.2, 0) is 9.53 Å². The third-order valence-electron chi connectivity index (χ3n) is 3.24. The number of nitrogens with zero attached hydrogens (tertiary/aromatic N) is 2. The van der Waals surface area contributed by atoms with E-state index in [1.807, 2.05) is 18.2 Å². The lowest BCUT2D eigenvalue weighted by molar-refractivity contribution is -0.421. The van der Waals surface area contributed by atoms with Gasteiger partial charge >= 0.3 is 11.7 Å². The summed E-state index contributed by atoms with van der Waals surface area (Å²) >= 11 is 1.64. The fourth-order valence-corrected chi connectivity index (χ4v) is 3.34. The summed E-state index contributed by atoms with van der Waals surface area (Å²) in [6, 6.07) is 8.09. The summed E-state index contributed by atoms with van der Waals surface area (Å²) in [7, 11) is 0. The van der Waals surface area contributed by atoms with Gasteiger partial charge in [0, 0.05) is 17.5 Å². The van der Waals surface area contributed by atoms with Crippen LogP contribution >= 0.6 is 11.8 Å². The number of carbonyl (C=O) groups excluding carboxylic acids is 1. The lowest BCUT2D eigenvalue weighted by Crippen LogP contribution is -2.16. The normalized spacial score (nSPS) is 15.8. The van der Waals surface area contributed by atoms with Gasteiger partial charge in [0.15, 0.2) is 0 Å². The molecule has 1 aliphatic rings. The highest BCUT2D eigenvalue weighted by molar-refractivity contribution is 8.03. The number of para-hydroxylation sites is 1. The highest BCUT2D eigenvalue weighted by Gasteiger charge is 2.23. The van der Waals surface area contributed by atoms with Gasteiger partial charge in [-0.2, -0.15) is 0 Å². The summed E-state index contributed by atoms with van der Waals surface area (Å²) in [5.41, 5.74) is 0.568. The molecule has 0 atom stereocenters. The Kier molecular flexibility index (Phi) is 6.20. The molecule has 6 nitrogen and oxygen atoms in total. The van der Waals surface area contributed by atoms with E-state index >= 15 is 0 Å². The fraction of sp³-hybridized carbons (Fsp3) is 0.235. The van der Waals surface area contributed by atoms with Crippen molar-refractivity contribution in [2.24, 2.45) is 0 Å². The molecule has 7 heteroatoms. The molecular formula is C17H18N2O4S. The molecule has 0 aliphatic carbocycles. The van der Waals surface area contributed by atoms with Gasteiger partial charge in [-0.15, -0.1) is 0 Å². The minimum absolute atomic E-state index is 0.0954. The Morgan fingerprint density at radius 3 is 2.75 bits per heavy atom. The molecule has 0 spiro atoms. The molecule has 0 radical (unpaired) electrons. The van der Waals surface area contributed by atoms with Crippen molar-refractivity contribution in [2.75, 3.05) is 18.1 Å². The van der Waals surface area contributed by atoms with Crippen LogP contribution in [0.1, 0.15) is 13.8 Å². The number of esters is 1. The zero-order chi connectivity index (χ0) is 17.5. The second kappa shape index (κ2) is 8.35. The van der Waals surface area contributed by atoms with Crippen molar-refractivity contribution >= 4 is 23.4 Å². The summed E-state index contributed by atoms with van der Waals surface area (Å²) in [6.07, 6.45) is 6.17. The van der Waals surface area contributed by atoms with E-state index in [1.165, 1.54) is 11.0 Å². The number of nitro groups is 1. The average Bonchev–Trinajstić information content (AvgIpc) is 2.91. The van der Waals surface area contributed by atoms with Crippen molar-refractivity contribution in [3.8, 4) is 0 Å². The van der Waals surface area contributed by atoms with E-state index in [0.29, 0.717) is 0 Å². The Bertz CT molecular complexity index is 725. The molecule has 0 N–H and O–H groups in total. The van der Waals surface area contributed by atoms with Crippen LogP contribution in [0.3, 0.4) is 0 Å². The predicted molar refractivity (Wildman–Crippen MR) is 94.3 cm³/mol. The van der Waals surface area contributed by atoms with Gasteiger partial charge in [-0.25, -0.2) is 4.79 Å². The van der Waals surface area contributed by atoms with Crippen LogP contribution < -0.4 is 4.90 Å². The summed E-state index contributed by atoms with van der Waals surface area (Å²) in [6.45, 7) is 4.58. The predicted octanol–water partition coefficient (Wildman–Crippen LogP) is 3.74. The van der Waals surface area contributed by atoms with E-state index < -0.39 is 16.6 Å². The average molecular weight is 346 g/mol. The number of benzene rings is 1. The maximum absolute atomic E-state index is 11.5. The molecule has 0 aromatic heterocycles. The first kappa shape index (κ1) is 17.8. The van der Waals surface area contributed by atoms with Crippen molar-refractivity contribution in [3.05, 3.63) is 69.4 Å². The van der Waals surface area contributed by atoms with Crippen molar-refractivity contribution in [3.63, 3.8) is 0 Å². The molecule has 24 heavy (non-hydrogen) atoms. The van der Waals surface area contributed by atoms with Gasteiger partial charge in [-0.1, -0.05) is 36.0 Å². The number of hydrogen-bond donors (Lipinski definition) is 0.